The summed E-state index contributed by atoms with van der Waals surface area (Å²) in [6.45, 7) is 8.64. The Morgan fingerprint density at radius 3 is 2.39 bits per heavy atom. The van der Waals surface area contributed by atoms with Gasteiger partial charge in [-0.05, 0) is 31.9 Å². The number of para-hydroxylation sites is 1. The van der Waals surface area contributed by atoms with E-state index in [9.17, 15) is 4.79 Å². The molecule has 5 heteroatoms. The average Bonchev–Trinajstić information content (AvgIpc) is 2.77. The normalized spacial score (nSPS) is 12.3. The van der Waals surface area contributed by atoms with E-state index in [0.29, 0.717) is 18.0 Å². The van der Waals surface area contributed by atoms with Crippen LogP contribution in [-0.4, -0.2) is 28.3 Å². The highest BCUT2D eigenvalue weighted by Gasteiger charge is 2.19. The van der Waals surface area contributed by atoms with E-state index < -0.39 is 0 Å². The molecule has 1 amide bonds. The maximum atomic E-state index is 12.5. The fourth-order valence-electron chi connectivity index (χ4n) is 2.60. The zero-order valence-corrected chi connectivity index (χ0v) is 14.6. The summed E-state index contributed by atoms with van der Waals surface area (Å²) < 4.78 is 1.74. The van der Waals surface area contributed by atoms with E-state index in [1.54, 1.807) is 4.68 Å². The molecule has 5 nitrogen and oxygen atoms in total. The van der Waals surface area contributed by atoms with Gasteiger partial charge in [0.2, 0.25) is 0 Å². The van der Waals surface area contributed by atoms with Gasteiger partial charge in [0.1, 0.15) is 0 Å². The van der Waals surface area contributed by atoms with Crippen molar-refractivity contribution < 1.29 is 4.79 Å². The van der Waals surface area contributed by atoms with Crippen molar-refractivity contribution in [3.05, 3.63) is 47.3 Å². The summed E-state index contributed by atoms with van der Waals surface area (Å²) in [5.41, 5.74) is 3.39. The molecular weight excluding hydrogens is 288 g/mol. The van der Waals surface area contributed by atoms with Gasteiger partial charge in [0.15, 0.2) is 0 Å². The van der Waals surface area contributed by atoms with Crippen LogP contribution in [0.5, 0.6) is 0 Å². The van der Waals surface area contributed by atoms with Crippen LogP contribution in [0.2, 0.25) is 0 Å². The van der Waals surface area contributed by atoms with Crippen molar-refractivity contribution in [3.8, 4) is 0 Å². The Morgan fingerprint density at radius 2 is 1.87 bits per heavy atom. The van der Waals surface area contributed by atoms with E-state index in [-0.39, 0.29) is 11.9 Å². The van der Waals surface area contributed by atoms with Gasteiger partial charge in [-0.25, -0.2) is 0 Å². The number of amides is 1. The molecule has 2 N–H and O–H groups in total. The number of aryl methyl sites for hydroxylation is 2. The highest BCUT2D eigenvalue weighted by molar-refractivity contribution is 5.96. The van der Waals surface area contributed by atoms with Gasteiger partial charge in [-0.1, -0.05) is 32.0 Å². The molecule has 0 aliphatic heterocycles. The largest absolute Gasteiger partial charge is 0.380 e. The molecule has 0 fully saturated rings. The summed E-state index contributed by atoms with van der Waals surface area (Å²) in [6, 6.07) is 10.2. The lowest BCUT2D eigenvalue weighted by Gasteiger charge is -2.24. The first-order valence-corrected chi connectivity index (χ1v) is 8.00. The second kappa shape index (κ2) is 7.31. The van der Waals surface area contributed by atoms with Gasteiger partial charge < -0.3 is 10.6 Å². The predicted octanol–water partition coefficient (Wildman–Crippen LogP) is 2.90. The van der Waals surface area contributed by atoms with Crippen molar-refractivity contribution >= 4 is 11.6 Å². The molecule has 1 atom stereocenters. The number of nitrogens with zero attached hydrogens (tertiary/aromatic N) is 2. The first kappa shape index (κ1) is 17.1. The van der Waals surface area contributed by atoms with Crippen LogP contribution < -0.4 is 10.6 Å². The quantitative estimate of drug-likeness (QED) is 0.862. The van der Waals surface area contributed by atoms with Crippen molar-refractivity contribution in [1.29, 1.82) is 0 Å². The summed E-state index contributed by atoms with van der Waals surface area (Å²) in [6.07, 6.45) is 0. The molecular formula is C18H26N4O. The third-order valence-corrected chi connectivity index (χ3v) is 4.15. The number of anilines is 1. The molecule has 23 heavy (non-hydrogen) atoms. The summed E-state index contributed by atoms with van der Waals surface area (Å²) in [5, 5.41) is 10.8. The van der Waals surface area contributed by atoms with E-state index >= 15 is 0 Å². The van der Waals surface area contributed by atoms with Crippen LogP contribution >= 0.6 is 0 Å². The lowest BCUT2D eigenvalue weighted by atomic mass is 10.0. The first-order valence-electron chi connectivity index (χ1n) is 8.00. The maximum absolute atomic E-state index is 12.5. The predicted molar refractivity (Wildman–Crippen MR) is 93.7 cm³/mol. The summed E-state index contributed by atoms with van der Waals surface area (Å²) in [4.78, 5) is 12.5. The molecule has 1 aromatic carbocycles. The number of hydrogen-bond acceptors (Lipinski definition) is 3. The van der Waals surface area contributed by atoms with Gasteiger partial charge in [-0.15, -0.1) is 0 Å². The van der Waals surface area contributed by atoms with Crippen molar-refractivity contribution in [1.82, 2.24) is 15.1 Å². The molecule has 0 aliphatic rings. The molecule has 0 bridgehead atoms. The fourth-order valence-corrected chi connectivity index (χ4v) is 2.60. The molecule has 0 saturated carbocycles. The minimum Gasteiger partial charge on any atom is -0.380 e. The number of carbonyl (C=O) groups is 1. The minimum atomic E-state index is -0.0615. The van der Waals surface area contributed by atoms with E-state index in [0.717, 1.165) is 17.1 Å². The number of rotatable bonds is 6. The SMILES string of the molecule is Cc1nn(C)c(C)c1C(=O)NC[C@@H](Nc1ccccc1)C(C)C. The van der Waals surface area contributed by atoms with Gasteiger partial charge in [-0.3, -0.25) is 9.48 Å². The van der Waals surface area contributed by atoms with Gasteiger partial charge >= 0.3 is 0 Å². The highest BCUT2D eigenvalue weighted by atomic mass is 16.1. The zero-order chi connectivity index (χ0) is 17.0. The third kappa shape index (κ3) is 4.12. The molecule has 2 rings (SSSR count). The topological polar surface area (TPSA) is 59.0 Å². The minimum absolute atomic E-state index is 0.0615. The van der Waals surface area contributed by atoms with Crippen LogP contribution in [0.25, 0.3) is 0 Å². The standard InChI is InChI=1S/C18H26N4O/c1-12(2)16(20-15-9-7-6-8-10-15)11-19-18(23)17-13(3)21-22(5)14(17)4/h6-10,12,16,20H,11H2,1-5H3,(H,19,23)/t16-/m1/s1. The Bertz CT molecular complexity index is 661. The van der Waals surface area contributed by atoms with Crippen LogP contribution in [0.1, 0.15) is 35.6 Å². The number of carbonyl (C=O) groups excluding carboxylic acids is 1. The summed E-state index contributed by atoms with van der Waals surface area (Å²) in [7, 11) is 1.85. The van der Waals surface area contributed by atoms with E-state index in [1.807, 2.05) is 51.2 Å². The maximum Gasteiger partial charge on any atom is 0.255 e. The van der Waals surface area contributed by atoms with Crippen LogP contribution in [0.15, 0.2) is 30.3 Å². The van der Waals surface area contributed by atoms with Crippen LogP contribution in [0, 0.1) is 19.8 Å². The molecule has 0 unspecified atom stereocenters. The lowest BCUT2D eigenvalue weighted by molar-refractivity contribution is 0.0949. The molecule has 1 aromatic heterocycles. The van der Waals surface area contributed by atoms with Crippen molar-refractivity contribution in [2.75, 3.05) is 11.9 Å². The van der Waals surface area contributed by atoms with Crippen LogP contribution in [-0.2, 0) is 7.05 Å². The first-order chi connectivity index (χ1) is 10.9. The molecule has 2 aromatic rings. The van der Waals surface area contributed by atoms with Crippen molar-refractivity contribution in [3.63, 3.8) is 0 Å². The van der Waals surface area contributed by atoms with Crippen LogP contribution in [0.3, 0.4) is 0 Å². The van der Waals surface area contributed by atoms with E-state index in [4.69, 9.17) is 0 Å². The van der Waals surface area contributed by atoms with Gasteiger partial charge in [0, 0.05) is 31.0 Å². The Labute approximate surface area is 138 Å². The molecule has 0 aliphatic carbocycles. The second-order valence-electron chi connectivity index (χ2n) is 6.24. The van der Waals surface area contributed by atoms with Crippen molar-refractivity contribution in [2.45, 2.75) is 33.7 Å². The van der Waals surface area contributed by atoms with Crippen LogP contribution in [0.4, 0.5) is 5.69 Å². The molecule has 124 valence electrons. The smallest absolute Gasteiger partial charge is 0.255 e. The summed E-state index contributed by atoms with van der Waals surface area (Å²) in [5.74, 6) is 0.334. The van der Waals surface area contributed by atoms with Gasteiger partial charge in [0.25, 0.3) is 5.91 Å². The monoisotopic (exact) mass is 314 g/mol. The average molecular weight is 314 g/mol. The van der Waals surface area contributed by atoms with Gasteiger partial charge in [-0.2, -0.15) is 5.10 Å². The second-order valence-corrected chi connectivity index (χ2v) is 6.24. The lowest BCUT2D eigenvalue weighted by Crippen LogP contribution is -2.39. The molecule has 0 spiro atoms. The van der Waals surface area contributed by atoms with E-state index in [2.05, 4.69) is 29.6 Å². The number of benzene rings is 1. The molecule has 1 heterocycles. The highest BCUT2D eigenvalue weighted by Crippen LogP contribution is 2.14. The van der Waals surface area contributed by atoms with Crippen molar-refractivity contribution in [2.24, 2.45) is 13.0 Å². The number of aromatic nitrogens is 2. The Hall–Kier alpha value is -2.30. The Kier molecular flexibility index (Phi) is 5.42. The fraction of sp³-hybridized carbons (Fsp3) is 0.444. The molecule has 0 saturated heterocycles. The number of nitrogens with one attached hydrogen (secondary N) is 2. The zero-order valence-electron chi connectivity index (χ0n) is 14.6. The Morgan fingerprint density at radius 1 is 1.22 bits per heavy atom. The molecule has 0 radical (unpaired) electrons. The Balaban J connectivity index is 2.02. The van der Waals surface area contributed by atoms with Gasteiger partial charge in [0.05, 0.1) is 11.3 Å². The number of hydrogen-bond donors (Lipinski definition) is 2. The summed E-state index contributed by atoms with van der Waals surface area (Å²) >= 11 is 0. The third-order valence-electron chi connectivity index (χ3n) is 4.15. The van der Waals surface area contributed by atoms with E-state index in [1.165, 1.54) is 0 Å².